The Morgan fingerprint density at radius 3 is 2.78 bits per heavy atom. The van der Waals surface area contributed by atoms with Crippen molar-refractivity contribution in [2.75, 3.05) is 38.8 Å². The normalized spacial score (nSPS) is 13.3. The Balaban J connectivity index is 2.03. The largest absolute Gasteiger partial charge is 0.482 e. The summed E-state index contributed by atoms with van der Waals surface area (Å²) >= 11 is 0. The van der Waals surface area contributed by atoms with Crippen molar-refractivity contribution in [2.24, 2.45) is 0 Å². The molecule has 2 rings (SSSR count). The quantitative estimate of drug-likeness (QED) is 0.769. The topological polar surface area (TPSA) is 87.2 Å². The maximum atomic E-state index is 12.2. The summed E-state index contributed by atoms with van der Waals surface area (Å²) in [4.78, 5) is 38.5. The van der Waals surface area contributed by atoms with Gasteiger partial charge in [0.15, 0.2) is 12.4 Å². The number of carbonyl (C=O) groups is 3. The molecular weight excluding hydrogens is 300 g/mol. The molecule has 0 aromatic heterocycles. The highest BCUT2D eigenvalue weighted by molar-refractivity contribution is 6.02. The molecule has 1 N–H and O–H groups in total. The number of Topliss-reactive ketones (excluding diaryl/α,β-unsaturated/α-hetero) is 1. The van der Waals surface area contributed by atoms with Crippen LogP contribution in [0.5, 0.6) is 5.75 Å². The summed E-state index contributed by atoms with van der Waals surface area (Å²) in [6.07, 6.45) is 0.156. The van der Waals surface area contributed by atoms with Crippen LogP contribution < -0.4 is 9.64 Å². The molecule has 0 bridgehead atoms. The second-order valence-electron chi connectivity index (χ2n) is 5.39. The third-order valence-corrected chi connectivity index (χ3v) is 3.79. The molecule has 7 heteroatoms. The van der Waals surface area contributed by atoms with Crippen LogP contribution in [0.25, 0.3) is 0 Å². The molecule has 1 aromatic rings. The molecule has 1 aromatic carbocycles. The van der Waals surface area contributed by atoms with Crippen LogP contribution in [0.3, 0.4) is 0 Å². The zero-order valence-corrected chi connectivity index (χ0v) is 13.2. The first-order valence-electron chi connectivity index (χ1n) is 7.35. The van der Waals surface area contributed by atoms with E-state index in [1.807, 2.05) is 0 Å². The van der Waals surface area contributed by atoms with Gasteiger partial charge < -0.3 is 19.6 Å². The Kier molecular flexibility index (Phi) is 5.33. The molecule has 0 atom stereocenters. The van der Waals surface area contributed by atoms with Gasteiger partial charge in [0.05, 0.1) is 12.3 Å². The summed E-state index contributed by atoms with van der Waals surface area (Å²) in [5, 5.41) is 8.79. The van der Waals surface area contributed by atoms with Gasteiger partial charge in [0, 0.05) is 39.0 Å². The minimum atomic E-state index is -0.194. The molecule has 0 saturated heterocycles. The molecule has 23 heavy (non-hydrogen) atoms. The number of amides is 2. The minimum Gasteiger partial charge on any atom is -0.482 e. The molecule has 1 aliphatic rings. The van der Waals surface area contributed by atoms with Crippen molar-refractivity contribution in [3.05, 3.63) is 23.8 Å². The molecule has 0 spiro atoms. The number of ketones is 1. The Morgan fingerprint density at radius 1 is 1.35 bits per heavy atom. The summed E-state index contributed by atoms with van der Waals surface area (Å²) in [5.41, 5.74) is 0.988. The van der Waals surface area contributed by atoms with E-state index < -0.39 is 0 Å². The lowest BCUT2D eigenvalue weighted by Gasteiger charge is -2.26. The van der Waals surface area contributed by atoms with Crippen molar-refractivity contribution >= 4 is 23.3 Å². The van der Waals surface area contributed by atoms with Crippen LogP contribution in [-0.2, 0) is 9.59 Å². The van der Waals surface area contributed by atoms with Crippen LogP contribution in [0.2, 0.25) is 0 Å². The number of rotatable bonds is 6. The van der Waals surface area contributed by atoms with Crippen LogP contribution in [0.1, 0.15) is 23.2 Å². The number of fused-ring (bicyclic) bond motifs is 1. The molecule has 0 aliphatic carbocycles. The molecule has 0 fully saturated rings. The van der Waals surface area contributed by atoms with Crippen LogP contribution in [0, 0.1) is 0 Å². The number of hydrogen-bond donors (Lipinski definition) is 1. The van der Waals surface area contributed by atoms with E-state index in [9.17, 15) is 14.4 Å². The Labute approximate surface area is 134 Å². The second kappa shape index (κ2) is 7.23. The lowest BCUT2D eigenvalue weighted by atomic mass is 10.0. The molecule has 2 amide bonds. The molecule has 0 unspecified atom stereocenters. The van der Waals surface area contributed by atoms with Gasteiger partial charge in [0.1, 0.15) is 5.75 Å². The average Bonchev–Trinajstić information content (AvgIpc) is 2.55. The zero-order chi connectivity index (χ0) is 17.0. The lowest BCUT2D eigenvalue weighted by molar-refractivity contribution is -0.130. The monoisotopic (exact) mass is 320 g/mol. The average molecular weight is 320 g/mol. The third kappa shape index (κ3) is 3.87. The van der Waals surface area contributed by atoms with Gasteiger partial charge in [-0.25, -0.2) is 0 Å². The predicted molar refractivity (Wildman–Crippen MR) is 83.6 cm³/mol. The minimum absolute atomic E-state index is 0.0114. The molecule has 7 nitrogen and oxygen atoms in total. The molecular formula is C16H20N2O5. The van der Waals surface area contributed by atoms with Gasteiger partial charge in [-0.1, -0.05) is 0 Å². The molecule has 0 saturated carbocycles. The van der Waals surface area contributed by atoms with Gasteiger partial charge in [0.25, 0.3) is 5.91 Å². The first-order chi connectivity index (χ1) is 10.9. The van der Waals surface area contributed by atoms with E-state index in [-0.39, 0.29) is 50.2 Å². The maximum Gasteiger partial charge on any atom is 0.264 e. The highest BCUT2D eigenvalue weighted by Gasteiger charge is 2.23. The summed E-state index contributed by atoms with van der Waals surface area (Å²) in [7, 11) is 3.21. The SMILES string of the molecule is CN(CCO)C(=O)CCC(=O)c1ccc2c(c1)N(C)C(=O)CO2. The van der Waals surface area contributed by atoms with E-state index in [0.717, 1.165) is 0 Å². The van der Waals surface area contributed by atoms with E-state index in [1.165, 1.54) is 9.80 Å². The van der Waals surface area contributed by atoms with Gasteiger partial charge in [0.2, 0.25) is 5.91 Å². The van der Waals surface area contributed by atoms with Crippen molar-refractivity contribution in [3.63, 3.8) is 0 Å². The van der Waals surface area contributed by atoms with Crippen molar-refractivity contribution < 1.29 is 24.2 Å². The molecule has 1 aliphatic heterocycles. The number of hydrogen-bond acceptors (Lipinski definition) is 5. The molecule has 124 valence electrons. The van der Waals surface area contributed by atoms with Crippen LogP contribution in [0.15, 0.2) is 18.2 Å². The van der Waals surface area contributed by atoms with Crippen LogP contribution in [0.4, 0.5) is 5.69 Å². The molecule has 0 radical (unpaired) electrons. The highest BCUT2D eigenvalue weighted by atomic mass is 16.5. The van der Waals surface area contributed by atoms with E-state index in [2.05, 4.69) is 0 Å². The molecule has 1 heterocycles. The number of nitrogens with zero attached hydrogens (tertiary/aromatic N) is 2. The Morgan fingerprint density at radius 2 is 2.09 bits per heavy atom. The van der Waals surface area contributed by atoms with E-state index in [4.69, 9.17) is 9.84 Å². The third-order valence-electron chi connectivity index (χ3n) is 3.79. The first kappa shape index (κ1) is 17.0. The number of likely N-dealkylation sites (N-methyl/N-ethyl adjacent to an activating group) is 2. The first-order valence-corrected chi connectivity index (χ1v) is 7.35. The van der Waals surface area contributed by atoms with Crippen molar-refractivity contribution in [2.45, 2.75) is 12.8 Å². The second-order valence-corrected chi connectivity index (χ2v) is 5.39. The smallest absolute Gasteiger partial charge is 0.264 e. The maximum absolute atomic E-state index is 12.2. The fourth-order valence-corrected chi connectivity index (χ4v) is 2.28. The van der Waals surface area contributed by atoms with Crippen LogP contribution >= 0.6 is 0 Å². The predicted octanol–water partition coefficient (Wildman–Crippen LogP) is 0.455. The number of carbonyl (C=O) groups excluding carboxylic acids is 3. The summed E-state index contributed by atoms with van der Waals surface area (Å²) in [6.45, 7) is 0.125. The van der Waals surface area contributed by atoms with E-state index >= 15 is 0 Å². The number of aliphatic hydroxyl groups is 1. The Hall–Kier alpha value is -2.41. The van der Waals surface area contributed by atoms with Crippen molar-refractivity contribution in [3.8, 4) is 5.75 Å². The fourth-order valence-electron chi connectivity index (χ4n) is 2.28. The number of aliphatic hydroxyl groups excluding tert-OH is 1. The summed E-state index contributed by atoms with van der Waals surface area (Å²) in [5.74, 6) is 0.0104. The zero-order valence-electron chi connectivity index (χ0n) is 13.2. The van der Waals surface area contributed by atoms with Crippen molar-refractivity contribution in [1.82, 2.24) is 4.90 Å². The Bertz CT molecular complexity index is 629. The van der Waals surface area contributed by atoms with Gasteiger partial charge in [-0.3, -0.25) is 14.4 Å². The van der Waals surface area contributed by atoms with Gasteiger partial charge in [-0.15, -0.1) is 0 Å². The summed E-state index contributed by atoms with van der Waals surface area (Å²) in [6, 6.07) is 4.90. The number of anilines is 1. The fraction of sp³-hybridized carbons (Fsp3) is 0.438. The lowest BCUT2D eigenvalue weighted by Crippen LogP contribution is -2.35. The highest BCUT2D eigenvalue weighted by Crippen LogP contribution is 2.32. The summed E-state index contributed by atoms with van der Waals surface area (Å²) < 4.78 is 5.31. The van der Waals surface area contributed by atoms with Crippen LogP contribution in [-0.4, -0.2) is 61.5 Å². The standard InChI is InChI=1S/C16H20N2O5/c1-17(7-8-19)15(21)6-4-13(20)11-3-5-14-12(9-11)18(2)16(22)10-23-14/h3,5,9,19H,4,6-8,10H2,1-2H3. The van der Waals surface area contributed by atoms with E-state index in [0.29, 0.717) is 17.0 Å². The number of ether oxygens (including phenoxy) is 1. The van der Waals surface area contributed by atoms with Gasteiger partial charge in [-0.05, 0) is 18.2 Å². The number of benzene rings is 1. The van der Waals surface area contributed by atoms with Gasteiger partial charge in [-0.2, -0.15) is 0 Å². The van der Waals surface area contributed by atoms with E-state index in [1.54, 1.807) is 32.3 Å². The van der Waals surface area contributed by atoms with Gasteiger partial charge >= 0.3 is 0 Å². The van der Waals surface area contributed by atoms with Crippen molar-refractivity contribution in [1.29, 1.82) is 0 Å².